The monoisotopic (exact) mass is 195 g/mol. The fourth-order valence-electron chi connectivity index (χ4n) is 1.60. The minimum absolute atomic E-state index is 0.229. The summed E-state index contributed by atoms with van der Waals surface area (Å²) in [6.07, 6.45) is 2.55. The lowest BCUT2D eigenvalue weighted by atomic mass is 9.72. The molecule has 0 saturated heterocycles. The average Bonchev–Trinajstić information content (AvgIpc) is 2.05. The molecule has 0 heterocycles. The van der Waals surface area contributed by atoms with Crippen LogP contribution in [0, 0.1) is 22.7 Å². The van der Waals surface area contributed by atoms with Crippen LogP contribution in [0.1, 0.15) is 34.1 Å². The Morgan fingerprint density at radius 1 is 1.64 bits per heavy atom. The van der Waals surface area contributed by atoms with E-state index in [1.165, 1.54) is 0 Å². The Morgan fingerprint density at radius 2 is 2.14 bits per heavy atom. The Bertz CT molecular complexity index is 286. The molecule has 0 aromatic heterocycles. The standard InChI is InChI=1S/C11H17NO2/c1-5-6-9(4)11(7-12,8(2)3)10(13)14/h6,8H,5H2,1-4H3,(H,13,14)/b9-6-/t11-/m1/s1. The van der Waals surface area contributed by atoms with Crippen LogP contribution in [0.4, 0.5) is 0 Å². The smallest absolute Gasteiger partial charge is 0.328 e. The first kappa shape index (κ1) is 12.7. The summed E-state index contributed by atoms with van der Waals surface area (Å²) < 4.78 is 0. The van der Waals surface area contributed by atoms with Gasteiger partial charge in [-0.3, -0.25) is 4.79 Å². The average molecular weight is 195 g/mol. The largest absolute Gasteiger partial charge is 0.480 e. The molecule has 0 aromatic carbocycles. The molecule has 78 valence electrons. The summed E-state index contributed by atoms with van der Waals surface area (Å²) in [7, 11) is 0. The van der Waals surface area contributed by atoms with Gasteiger partial charge >= 0.3 is 5.97 Å². The van der Waals surface area contributed by atoms with E-state index in [2.05, 4.69) is 0 Å². The van der Waals surface area contributed by atoms with Crippen LogP contribution in [-0.2, 0) is 4.79 Å². The zero-order valence-corrected chi connectivity index (χ0v) is 9.16. The van der Waals surface area contributed by atoms with Gasteiger partial charge in [0.05, 0.1) is 6.07 Å². The number of carboxylic acids is 1. The molecule has 0 saturated carbocycles. The first-order valence-electron chi connectivity index (χ1n) is 4.75. The topological polar surface area (TPSA) is 61.1 Å². The van der Waals surface area contributed by atoms with E-state index in [4.69, 9.17) is 10.4 Å². The van der Waals surface area contributed by atoms with Crippen molar-refractivity contribution in [3.63, 3.8) is 0 Å². The van der Waals surface area contributed by atoms with Gasteiger partial charge in [-0.25, -0.2) is 0 Å². The Balaban J connectivity index is 5.40. The third-order valence-electron chi connectivity index (χ3n) is 2.51. The van der Waals surface area contributed by atoms with E-state index in [1.807, 2.05) is 13.0 Å². The fourth-order valence-corrected chi connectivity index (χ4v) is 1.60. The van der Waals surface area contributed by atoms with Crippen molar-refractivity contribution in [2.24, 2.45) is 11.3 Å². The molecule has 1 atom stereocenters. The van der Waals surface area contributed by atoms with Crippen molar-refractivity contribution in [3.8, 4) is 6.07 Å². The molecule has 1 N–H and O–H groups in total. The molecule has 0 aliphatic heterocycles. The number of allylic oxidation sites excluding steroid dienone is 1. The van der Waals surface area contributed by atoms with E-state index in [9.17, 15) is 4.79 Å². The van der Waals surface area contributed by atoms with Gasteiger partial charge in [0.2, 0.25) is 0 Å². The fraction of sp³-hybridized carbons (Fsp3) is 0.636. The number of nitrogens with zero attached hydrogens (tertiary/aromatic N) is 1. The van der Waals surface area contributed by atoms with Gasteiger partial charge < -0.3 is 5.11 Å². The predicted octanol–water partition coefficient (Wildman–Crippen LogP) is 2.59. The summed E-state index contributed by atoms with van der Waals surface area (Å²) >= 11 is 0. The van der Waals surface area contributed by atoms with Crippen LogP contribution >= 0.6 is 0 Å². The third kappa shape index (κ3) is 1.95. The van der Waals surface area contributed by atoms with Gasteiger partial charge in [0.1, 0.15) is 0 Å². The van der Waals surface area contributed by atoms with Crippen molar-refractivity contribution >= 4 is 5.97 Å². The Hall–Kier alpha value is -1.30. The van der Waals surface area contributed by atoms with Crippen molar-refractivity contribution < 1.29 is 9.90 Å². The normalized spacial score (nSPS) is 16.1. The SMILES string of the molecule is CC/C=C(/C)[C@](C#N)(C(=O)O)C(C)C. The van der Waals surface area contributed by atoms with Crippen LogP contribution in [-0.4, -0.2) is 11.1 Å². The van der Waals surface area contributed by atoms with E-state index in [0.29, 0.717) is 5.57 Å². The number of carbonyl (C=O) groups is 1. The van der Waals surface area contributed by atoms with Gasteiger partial charge in [-0.15, -0.1) is 0 Å². The lowest BCUT2D eigenvalue weighted by Gasteiger charge is -2.26. The van der Waals surface area contributed by atoms with Gasteiger partial charge in [0.15, 0.2) is 5.41 Å². The van der Waals surface area contributed by atoms with Crippen LogP contribution in [0.2, 0.25) is 0 Å². The zero-order valence-electron chi connectivity index (χ0n) is 9.16. The Morgan fingerprint density at radius 3 is 2.36 bits per heavy atom. The summed E-state index contributed by atoms with van der Waals surface area (Å²) in [5, 5.41) is 18.2. The van der Waals surface area contributed by atoms with Gasteiger partial charge in [-0.05, 0) is 24.8 Å². The molecule has 0 unspecified atom stereocenters. The Kier molecular flexibility index (Phi) is 4.36. The minimum Gasteiger partial charge on any atom is -0.480 e. The third-order valence-corrected chi connectivity index (χ3v) is 2.51. The number of carboxylic acid groups (broad SMARTS) is 1. The molecule has 0 amide bonds. The summed E-state index contributed by atoms with van der Waals surface area (Å²) in [6, 6.07) is 1.93. The zero-order chi connectivity index (χ0) is 11.4. The molecular formula is C11H17NO2. The number of aliphatic carboxylic acids is 1. The van der Waals surface area contributed by atoms with Gasteiger partial charge in [-0.2, -0.15) is 5.26 Å². The molecular weight excluding hydrogens is 178 g/mol. The van der Waals surface area contributed by atoms with E-state index in [0.717, 1.165) is 6.42 Å². The molecule has 0 spiro atoms. The van der Waals surface area contributed by atoms with Gasteiger partial charge in [0, 0.05) is 0 Å². The number of nitriles is 1. The quantitative estimate of drug-likeness (QED) is 0.701. The van der Waals surface area contributed by atoms with E-state index >= 15 is 0 Å². The van der Waals surface area contributed by atoms with Crippen molar-refractivity contribution in [3.05, 3.63) is 11.6 Å². The first-order chi connectivity index (χ1) is 6.43. The second kappa shape index (κ2) is 4.80. The molecule has 0 rings (SSSR count). The second-order valence-electron chi connectivity index (χ2n) is 3.68. The maximum atomic E-state index is 11.1. The van der Waals surface area contributed by atoms with Crippen LogP contribution in [0.3, 0.4) is 0 Å². The van der Waals surface area contributed by atoms with Crippen LogP contribution < -0.4 is 0 Å². The molecule has 14 heavy (non-hydrogen) atoms. The second-order valence-corrected chi connectivity index (χ2v) is 3.68. The van der Waals surface area contributed by atoms with Crippen molar-refractivity contribution in [1.29, 1.82) is 5.26 Å². The van der Waals surface area contributed by atoms with Crippen LogP contribution in [0.5, 0.6) is 0 Å². The molecule has 0 aromatic rings. The van der Waals surface area contributed by atoms with Crippen molar-refractivity contribution in [1.82, 2.24) is 0 Å². The molecule has 3 nitrogen and oxygen atoms in total. The lowest BCUT2D eigenvalue weighted by molar-refractivity contribution is -0.145. The summed E-state index contributed by atoms with van der Waals surface area (Å²) in [6.45, 7) is 7.14. The summed E-state index contributed by atoms with van der Waals surface area (Å²) in [5.74, 6) is -1.29. The van der Waals surface area contributed by atoms with Crippen LogP contribution in [0.25, 0.3) is 0 Å². The molecule has 0 aliphatic rings. The van der Waals surface area contributed by atoms with E-state index < -0.39 is 11.4 Å². The highest BCUT2D eigenvalue weighted by atomic mass is 16.4. The highest BCUT2D eigenvalue weighted by Gasteiger charge is 2.43. The number of rotatable bonds is 4. The molecule has 0 bridgehead atoms. The molecule has 0 radical (unpaired) electrons. The summed E-state index contributed by atoms with van der Waals surface area (Å²) in [5.41, 5.74) is -0.735. The maximum Gasteiger partial charge on any atom is 0.328 e. The van der Waals surface area contributed by atoms with Crippen molar-refractivity contribution in [2.75, 3.05) is 0 Å². The highest BCUT2D eigenvalue weighted by molar-refractivity contribution is 5.82. The lowest BCUT2D eigenvalue weighted by Crippen LogP contribution is -2.36. The molecule has 0 aliphatic carbocycles. The van der Waals surface area contributed by atoms with E-state index in [-0.39, 0.29) is 5.92 Å². The van der Waals surface area contributed by atoms with Crippen LogP contribution in [0.15, 0.2) is 11.6 Å². The first-order valence-corrected chi connectivity index (χ1v) is 4.75. The number of hydrogen-bond acceptors (Lipinski definition) is 2. The van der Waals surface area contributed by atoms with E-state index in [1.54, 1.807) is 26.8 Å². The summed E-state index contributed by atoms with van der Waals surface area (Å²) in [4.78, 5) is 11.1. The minimum atomic E-state index is -1.37. The maximum absolute atomic E-state index is 11.1. The Labute approximate surface area is 85.0 Å². The number of hydrogen-bond donors (Lipinski definition) is 1. The molecule has 3 heteroatoms. The molecule has 0 fully saturated rings. The predicted molar refractivity (Wildman–Crippen MR) is 54.6 cm³/mol. The van der Waals surface area contributed by atoms with Crippen molar-refractivity contribution in [2.45, 2.75) is 34.1 Å². The highest BCUT2D eigenvalue weighted by Crippen LogP contribution is 2.35. The van der Waals surface area contributed by atoms with Gasteiger partial charge in [0.25, 0.3) is 0 Å². The van der Waals surface area contributed by atoms with Gasteiger partial charge in [-0.1, -0.05) is 26.8 Å².